The van der Waals surface area contributed by atoms with Crippen molar-refractivity contribution in [1.29, 1.82) is 0 Å². The molecule has 0 aromatic carbocycles. The van der Waals surface area contributed by atoms with Crippen LogP contribution in [0, 0.1) is 0 Å². The first-order chi connectivity index (χ1) is 8.20. The first-order valence-electron chi connectivity index (χ1n) is 5.23. The first kappa shape index (κ1) is 10.2. The Morgan fingerprint density at radius 2 is 2.24 bits per heavy atom. The maximum Gasteiger partial charge on any atom is 0.347 e. The summed E-state index contributed by atoms with van der Waals surface area (Å²) in [5.41, 5.74) is 2.07. The summed E-state index contributed by atoms with van der Waals surface area (Å²) in [6.07, 6.45) is 5.31. The van der Waals surface area contributed by atoms with Gasteiger partial charge < -0.3 is 9.15 Å². The molecule has 0 radical (unpaired) electrons. The average Bonchev–Trinajstić information content (AvgIpc) is 2.71. The van der Waals surface area contributed by atoms with Crippen molar-refractivity contribution in [3.63, 3.8) is 0 Å². The molecule has 3 rings (SSSR count). The molecule has 0 bridgehead atoms. The number of azo groups is 1. The van der Waals surface area contributed by atoms with E-state index in [1.54, 1.807) is 20.1 Å². The van der Waals surface area contributed by atoms with Crippen LogP contribution in [-0.2, 0) is 4.74 Å². The summed E-state index contributed by atoms with van der Waals surface area (Å²) >= 11 is 0. The third kappa shape index (κ3) is 1.39. The van der Waals surface area contributed by atoms with E-state index in [0.29, 0.717) is 22.0 Å². The van der Waals surface area contributed by atoms with Gasteiger partial charge in [0.1, 0.15) is 16.3 Å². The highest BCUT2D eigenvalue weighted by Gasteiger charge is 2.18. The molecule has 1 aliphatic heterocycles. The van der Waals surface area contributed by atoms with Gasteiger partial charge in [-0.25, -0.2) is 4.79 Å². The van der Waals surface area contributed by atoms with E-state index in [9.17, 15) is 4.79 Å². The zero-order valence-electron chi connectivity index (χ0n) is 9.43. The van der Waals surface area contributed by atoms with Crippen molar-refractivity contribution >= 4 is 23.5 Å². The monoisotopic (exact) mass is 230 g/mol. The Kier molecular flexibility index (Phi) is 2.09. The fraction of sp³-hybridized carbons (Fsp3) is 0.250. The Bertz CT molecular complexity index is 725. The number of ether oxygens (including phenoxy) is 1. The molecular weight excluding hydrogens is 220 g/mol. The Morgan fingerprint density at radius 3 is 3.00 bits per heavy atom. The van der Waals surface area contributed by atoms with Crippen LogP contribution in [-0.4, -0.2) is 13.2 Å². The predicted octanol–water partition coefficient (Wildman–Crippen LogP) is 0.688. The second-order valence-electron chi connectivity index (χ2n) is 3.90. The van der Waals surface area contributed by atoms with Crippen molar-refractivity contribution in [3.8, 4) is 0 Å². The van der Waals surface area contributed by atoms with Gasteiger partial charge in [0.25, 0.3) is 0 Å². The van der Waals surface area contributed by atoms with E-state index in [1.807, 2.05) is 12.2 Å². The average molecular weight is 230 g/mol. The molecule has 0 fully saturated rings. The third-order valence-corrected chi connectivity index (χ3v) is 2.87. The van der Waals surface area contributed by atoms with Gasteiger partial charge in [-0.15, -0.1) is 5.11 Å². The summed E-state index contributed by atoms with van der Waals surface area (Å²) in [7, 11) is 1.60. The lowest BCUT2D eigenvalue weighted by atomic mass is 10.1. The fourth-order valence-electron chi connectivity index (χ4n) is 1.98. The molecular formula is C12H10N2O3. The van der Waals surface area contributed by atoms with Crippen LogP contribution in [0.5, 0.6) is 0 Å². The predicted molar refractivity (Wildman–Crippen MR) is 62.1 cm³/mol. The van der Waals surface area contributed by atoms with Crippen molar-refractivity contribution in [1.82, 2.24) is 0 Å². The van der Waals surface area contributed by atoms with E-state index in [1.165, 1.54) is 0 Å². The maximum absolute atomic E-state index is 11.8. The number of rotatable bonds is 1. The fourth-order valence-corrected chi connectivity index (χ4v) is 1.98. The highest BCUT2D eigenvalue weighted by Crippen LogP contribution is 2.20. The van der Waals surface area contributed by atoms with Gasteiger partial charge >= 0.3 is 5.63 Å². The Hall–Kier alpha value is -2.01. The zero-order valence-corrected chi connectivity index (χ0v) is 9.43. The standard InChI is InChI=1S/C12H10N2O3/c1-6-10-11(14-13-6)8-4-3-7(16-2)5-9(8)17-12(10)15/h3-5,7H,1-2H3. The Balaban J connectivity index is 2.42. The van der Waals surface area contributed by atoms with Crippen LogP contribution >= 0.6 is 0 Å². The highest BCUT2D eigenvalue weighted by molar-refractivity contribution is 5.71. The van der Waals surface area contributed by atoms with E-state index >= 15 is 0 Å². The minimum absolute atomic E-state index is 0.174. The molecule has 2 heterocycles. The third-order valence-electron chi connectivity index (χ3n) is 2.87. The lowest BCUT2D eigenvalue weighted by Gasteiger charge is -2.10. The number of fused-ring (bicyclic) bond motifs is 3. The van der Waals surface area contributed by atoms with Crippen molar-refractivity contribution in [2.75, 3.05) is 7.11 Å². The lowest BCUT2D eigenvalue weighted by Crippen LogP contribution is -2.32. The molecule has 0 amide bonds. The van der Waals surface area contributed by atoms with Gasteiger partial charge in [-0.3, -0.25) is 0 Å². The summed E-state index contributed by atoms with van der Waals surface area (Å²) in [5, 5.41) is 8.39. The SMILES string of the molecule is COC1C=Cc2c3c(c(=O)oc2=C1)=C(C)N=N3. The first-order valence-corrected chi connectivity index (χ1v) is 5.23. The smallest absolute Gasteiger partial charge is 0.347 e. The molecule has 1 aromatic rings. The van der Waals surface area contributed by atoms with Gasteiger partial charge in [0, 0.05) is 12.7 Å². The van der Waals surface area contributed by atoms with Gasteiger partial charge in [-0.1, -0.05) is 12.2 Å². The molecule has 0 saturated heterocycles. The van der Waals surface area contributed by atoms with E-state index in [0.717, 1.165) is 5.56 Å². The van der Waals surface area contributed by atoms with Crippen molar-refractivity contribution < 1.29 is 9.15 Å². The van der Waals surface area contributed by atoms with Gasteiger partial charge in [0.05, 0.1) is 11.8 Å². The lowest BCUT2D eigenvalue weighted by molar-refractivity contribution is 0.187. The van der Waals surface area contributed by atoms with Crippen LogP contribution in [0.25, 0.3) is 17.8 Å². The van der Waals surface area contributed by atoms with Crippen LogP contribution in [0.4, 0.5) is 5.69 Å². The van der Waals surface area contributed by atoms with Crippen LogP contribution in [0.2, 0.25) is 0 Å². The summed E-state index contributed by atoms with van der Waals surface area (Å²) < 4.78 is 10.4. The molecule has 1 atom stereocenters. The topological polar surface area (TPSA) is 64.2 Å². The molecule has 0 N–H and O–H groups in total. The Morgan fingerprint density at radius 1 is 1.41 bits per heavy atom. The highest BCUT2D eigenvalue weighted by atomic mass is 16.5. The number of nitrogens with zero attached hydrogens (tertiary/aromatic N) is 2. The largest absolute Gasteiger partial charge is 0.422 e. The van der Waals surface area contributed by atoms with E-state index in [4.69, 9.17) is 9.15 Å². The number of methoxy groups -OCH3 is 1. The van der Waals surface area contributed by atoms with Crippen molar-refractivity contribution in [3.05, 3.63) is 32.7 Å². The minimum Gasteiger partial charge on any atom is -0.422 e. The summed E-state index contributed by atoms with van der Waals surface area (Å²) in [4.78, 5) is 11.8. The molecule has 17 heavy (non-hydrogen) atoms. The van der Waals surface area contributed by atoms with Crippen LogP contribution in [0.3, 0.4) is 0 Å². The summed E-state index contributed by atoms with van der Waals surface area (Å²) in [6.45, 7) is 1.74. The molecule has 5 nitrogen and oxygen atoms in total. The second kappa shape index (κ2) is 3.49. The molecule has 1 aromatic heterocycles. The van der Waals surface area contributed by atoms with Crippen molar-refractivity contribution in [2.24, 2.45) is 10.2 Å². The summed E-state index contributed by atoms with van der Waals surface area (Å²) in [5.74, 6) is 0. The summed E-state index contributed by atoms with van der Waals surface area (Å²) in [6, 6.07) is 0. The molecule has 0 saturated carbocycles. The minimum atomic E-state index is -0.400. The van der Waals surface area contributed by atoms with Gasteiger partial charge in [-0.2, -0.15) is 5.11 Å². The maximum atomic E-state index is 11.8. The second-order valence-corrected chi connectivity index (χ2v) is 3.90. The number of hydrogen-bond acceptors (Lipinski definition) is 5. The number of hydrogen-bond donors (Lipinski definition) is 0. The quantitative estimate of drug-likeness (QED) is 0.712. The van der Waals surface area contributed by atoms with Crippen LogP contribution < -0.4 is 16.3 Å². The van der Waals surface area contributed by atoms with Gasteiger partial charge in [-0.05, 0) is 13.0 Å². The van der Waals surface area contributed by atoms with E-state index in [-0.39, 0.29) is 6.10 Å². The normalized spacial score (nSPS) is 20.1. The van der Waals surface area contributed by atoms with E-state index < -0.39 is 5.63 Å². The van der Waals surface area contributed by atoms with Crippen LogP contribution in [0.1, 0.15) is 12.5 Å². The molecule has 86 valence electrons. The Labute approximate surface area is 96.4 Å². The molecule has 1 unspecified atom stereocenters. The van der Waals surface area contributed by atoms with Gasteiger partial charge in [0.2, 0.25) is 0 Å². The molecule has 5 heteroatoms. The zero-order chi connectivity index (χ0) is 12.0. The van der Waals surface area contributed by atoms with Crippen LogP contribution in [0.15, 0.2) is 25.5 Å². The van der Waals surface area contributed by atoms with E-state index in [2.05, 4.69) is 10.2 Å². The van der Waals surface area contributed by atoms with Crippen molar-refractivity contribution in [2.45, 2.75) is 13.0 Å². The van der Waals surface area contributed by atoms with Gasteiger partial charge in [0.15, 0.2) is 0 Å². The molecule has 1 aliphatic carbocycles. The molecule has 0 spiro atoms. The molecule has 2 aliphatic rings.